The summed E-state index contributed by atoms with van der Waals surface area (Å²) in [6, 6.07) is 4.06. The fraction of sp³-hybridized carbons (Fsp3) is 0.357. The predicted octanol–water partition coefficient (Wildman–Crippen LogP) is 1.86. The van der Waals surface area contributed by atoms with E-state index in [0.717, 1.165) is 40.3 Å². The van der Waals surface area contributed by atoms with E-state index in [1.165, 1.54) is 0 Å². The fourth-order valence-corrected chi connectivity index (χ4v) is 2.28. The third-order valence-electron chi connectivity index (χ3n) is 3.22. The molecule has 6 nitrogen and oxygen atoms in total. The molecule has 104 valence electrons. The zero-order valence-electron chi connectivity index (χ0n) is 11.8. The molecule has 0 aliphatic carbocycles. The second-order valence-electron chi connectivity index (χ2n) is 4.96. The van der Waals surface area contributed by atoms with E-state index in [2.05, 4.69) is 26.6 Å². The molecule has 0 bridgehead atoms. The molecule has 3 rings (SSSR count). The standard InChI is InChI=1S/C14H17N5O/c1-9-4-12(20-18-9)8-15-6-11-5-13-10(2)17-19(3)14(13)16-7-11/h4-5,7,15H,6,8H2,1-3H3. The number of aryl methyl sites for hydroxylation is 3. The van der Waals surface area contributed by atoms with Gasteiger partial charge in [-0.1, -0.05) is 5.16 Å². The molecule has 3 aromatic rings. The van der Waals surface area contributed by atoms with Gasteiger partial charge in [0.05, 0.1) is 17.9 Å². The molecule has 3 heterocycles. The lowest BCUT2D eigenvalue weighted by Crippen LogP contribution is -2.12. The summed E-state index contributed by atoms with van der Waals surface area (Å²) >= 11 is 0. The quantitative estimate of drug-likeness (QED) is 0.784. The minimum atomic E-state index is 0.658. The van der Waals surface area contributed by atoms with Crippen molar-refractivity contribution in [3.63, 3.8) is 0 Å². The Labute approximate surface area is 116 Å². The van der Waals surface area contributed by atoms with Crippen LogP contribution in [0.5, 0.6) is 0 Å². The molecule has 0 spiro atoms. The van der Waals surface area contributed by atoms with Crippen LogP contribution in [0.3, 0.4) is 0 Å². The number of hydrogen-bond donors (Lipinski definition) is 1. The van der Waals surface area contributed by atoms with Crippen LogP contribution in [0.4, 0.5) is 0 Å². The van der Waals surface area contributed by atoms with E-state index in [4.69, 9.17) is 4.52 Å². The Morgan fingerprint density at radius 2 is 2.10 bits per heavy atom. The monoisotopic (exact) mass is 271 g/mol. The molecule has 0 atom stereocenters. The number of fused-ring (bicyclic) bond motifs is 1. The van der Waals surface area contributed by atoms with Gasteiger partial charge < -0.3 is 9.84 Å². The summed E-state index contributed by atoms with van der Waals surface area (Å²) in [5.41, 5.74) is 3.94. The van der Waals surface area contributed by atoms with Crippen molar-refractivity contribution in [2.24, 2.45) is 7.05 Å². The van der Waals surface area contributed by atoms with Gasteiger partial charge in [-0.25, -0.2) is 4.98 Å². The second kappa shape index (κ2) is 5.05. The molecule has 0 unspecified atom stereocenters. The molecular formula is C14H17N5O. The van der Waals surface area contributed by atoms with Crippen LogP contribution >= 0.6 is 0 Å². The third-order valence-corrected chi connectivity index (χ3v) is 3.22. The minimum Gasteiger partial charge on any atom is -0.360 e. The first-order valence-electron chi connectivity index (χ1n) is 6.54. The largest absolute Gasteiger partial charge is 0.360 e. The molecule has 0 fully saturated rings. The summed E-state index contributed by atoms with van der Waals surface area (Å²) in [6.07, 6.45) is 1.88. The summed E-state index contributed by atoms with van der Waals surface area (Å²) in [5, 5.41) is 12.7. The molecule has 0 amide bonds. The van der Waals surface area contributed by atoms with Crippen LogP contribution in [-0.4, -0.2) is 19.9 Å². The van der Waals surface area contributed by atoms with Crippen molar-refractivity contribution in [3.05, 3.63) is 41.0 Å². The maximum absolute atomic E-state index is 5.15. The fourth-order valence-electron chi connectivity index (χ4n) is 2.28. The number of hydrogen-bond acceptors (Lipinski definition) is 5. The van der Waals surface area contributed by atoms with Crippen LogP contribution in [-0.2, 0) is 20.1 Å². The molecule has 20 heavy (non-hydrogen) atoms. The molecule has 0 saturated carbocycles. The zero-order chi connectivity index (χ0) is 14.1. The van der Waals surface area contributed by atoms with Crippen molar-refractivity contribution in [2.75, 3.05) is 0 Å². The van der Waals surface area contributed by atoms with Crippen molar-refractivity contribution in [1.82, 2.24) is 25.2 Å². The molecule has 1 N–H and O–H groups in total. The Bertz CT molecular complexity index is 743. The van der Waals surface area contributed by atoms with E-state index in [-0.39, 0.29) is 0 Å². The Hall–Kier alpha value is -2.21. The Morgan fingerprint density at radius 1 is 1.25 bits per heavy atom. The van der Waals surface area contributed by atoms with E-state index >= 15 is 0 Å². The molecule has 0 aliphatic rings. The highest BCUT2D eigenvalue weighted by atomic mass is 16.5. The van der Waals surface area contributed by atoms with E-state index < -0.39 is 0 Å². The second-order valence-corrected chi connectivity index (χ2v) is 4.96. The van der Waals surface area contributed by atoms with Crippen molar-refractivity contribution in [2.45, 2.75) is 26.9 Å². The van der Waals surface area contributed by atoms with Crippen molar-refractivity contribution >= 4 is 11.0 Å². The maximum atomic E-state index is 5.15. The average molecular weight is 271 g/mol. The lowest BCUT2D eigenvalue weighted by molar-refractivity contribution is 0.369. The summed E-state index contributed by atoms with van der Waals surface area (Å²) in [6.45, 7) is 5.30. The molecular weight excluding hydrogens is 254 g/mol. The Kier molecular flexibility index (Phi) is 3.23. The van der Waals surface area contributed by atoms with Crippen LogP contribution in [0.2, 0.25) is 0 Å². The molecule has 0 aliphatic heterocycles. The topological polar surface area (TPSA) is 68.8 Å². The predicted molar refractivity (Wildman–Crippen MR) is 75.0 cm³/mol. The minimum absolute atomic E-state index is 0.658. The van der Waals surface area contributed by atoms with E-state index in [1.54, 1.807) is 4.68 Å². The van der Waals surface area contributed by atoms with Crippen LogP contribution in [0.25, 0.3) is 11.0 Å². The van der Waals surface area contributed by atoms with Crippen LogP contribution in [0.15, 0.2) is 22.9 Å². The van der Waals surface area contributed by atoms with E-state index in [1.807, 2.05) is 33.2 Å². The summed E-state index contributed by atoms with van der Waals surface area (Å²) in [5.74, 6) is 0.842. The van der Waals surface area contributed by atoms with Crippen molar-refractivity contribution < 1.29 is 4.52 Å². The average Bonchev–Trinajstić information content (AvgIpc) is 2.95. The van der Waals surface area contributed by atoms with Gasteiger partial charge in [-0.2, -0.15) is 5.10 Å². The van der Waals surface area contributed by atoms with Gasteiger partial charge in [0.15, 0.2) is 11.4 Å². The zero-order valence-corrected chi connectivity index (χ0v) is 11.8. The van der Waals surface area contributed by atoms with E-state index in [9.17, 15) is 0 Å². The highest BCUT2D eigenvalue weighted by molar-refractivity contribution is 5.78. The molecule has 3 aromatic heterocycles. The normalized spacial score (nSPS) is 11.3. The smallest absolute Gasteiger partial charge is 0.157 e. The Morgan fingerprint density at radius 3 is 2.85 bits per heavy atom. The van der Waals surface area contributed by atoms with Gasteiger partial charge in [0.1, 0.15) is 0 Å². The summed E-state index contributed by atoms with van der Waals surface area (Å²) < 4.78 is 6.96. The van der Waals surface area contributed by atoms with Gasteiger partial charge in [0, 0.05) is 31.2 Å². The number of pyridine rings is 1. The maximum Gasteiger partial charge on any atom is 0.157 e. The molecule has 0 saturated heterocycles. The summed E-state index contributed by atoms with van der Waals surface area (Å²) in [7, 11) is 1.91. The number of rotatable bonds is 4. The summed E-state index contributed by atoms with van der Waals surface area (Å²) in [4.78, 5) is 4.46. The highest BCUT2D eigenvalue weighted by Crippen LogP contribution is 2.16. The van der Waals surface area contributed by atoms with E-state index in [0.29, 0.717) is 6.54 Å². The van der Waals surface area contributed by atoms with Gasteiger partial charge >= 0.3 is 0 Å². The van der Waals surface area contributed by atoms with Crippen molar-refractivity contribution in [3.8, 4) is 0 Å². The van der Waals surface area contributed by atoms with Crippen LogP contribution in [0, 0.1) is 13.8 Å². The lowest BCUT2D eigenvalue weighted by Gasteiger charge is -2.03. The first kappa shape index (κ1) is 12.8. The number of aromatic nitrogens is 4. The number of nitrogens with one attached hydrogen (secondary N) is 1. The molecule has 6 heteroatoms. The first-order valence-corrected chi connectivity index (χ1v) is 6.54. The SMILES string of the molecule is Cc1cc(CNCc2cnc3c(c2)c(C)nn3C)on1. The van der Waals surface area contributed by atoms with Gasteiger partial charge in [-0.15, -0.1) is 0 Å². The van der Waals surface area contributed by atoms with Crippen LogP contribution < -0.4 is 5.32 Å². The first-order chi connectivity index (χ1) is 9.63. The third kappa shape index (κ3) is 2.42. The van der Waals surface area contributed by atoms with Gasteiger partial charge in [-0.3, -0.25) is 4.68 Å². The van der Waals surface area contributed by atoms with Gasteiger partial charge in [-0.05, 0) is 25.5 Å². The van der Waals surface area contributed by atoms with Gasteiger partial charge in [0.25, 0.3) is 0 Å². The van der Waals surface area contributed by atoms with Crippen molar-refractivity contribution in [1.29, 1.82) is 0 Å². The van der Waals surface area contributed by atoms with Gasteiger partial charge in [0.2, 0.25) is 0 Å². The van der Waals surface area contributed by atoms with Crippen LogP contribution in [0.1, 0.15) is 22.7 Å². The molecule has 0 radical (unpaired) electrons. The Balaban J connectivity index is 1.70. The lowest BCUT2D eigenvalue weighted by atomic mass is 10.2. The number of nitrogens with zero attached hydrogens (tertiary/aromatic N) is 4. The molecule has 0 aromatic carbocycles. The highest BCUT2D eigenvalue weighted by Gasteiger charge is 2.07.